The third-order valence-corrected chi connectivity index (χ3v) is 7.91. The maximum atomic E-state index is 12.7. The third-order valence-electron chi connectivity index (χ3n) is 7.91. The number of carbonyl (C=O) groups excluding carboxylic acids is 2. The smallest absolute Gasteiger partial charge is 0.252 e. The number of rotatable bonds is 3. The molecule has 2 amide bonds. The number of fused-ring (bicyclic) bond motifs is 3. The molecule has 1 spiro atoms. The highest BCUT2D eigenvalue weighted by Crippen LogP contribution is 2.41. The highest BCUT2D eigenvalue weighted by atomic mass is 16.2. The third kappa shape index (κ3) is 3.27. The number of piperidine rings is 2. The Morgan fingerprint density at radius 3 is 2.88 bits per heavy atom. The summed E-state index contributed by atoms with van der Waals surface area (Å²) in [4.78, 5) is 35.3. The number of amides is 2. The van der Waals surface area contributed by atoms with Crippen molar-refractivity contribution >= 4 is 39.4 Å². The number of nitrogens with one attached hydrogen (secondary N) is 3. The molecule has 0 radical (unpaired) electrons. The van der Waals surface area contributed by atoms with Crippen molar-refractivity contribution in [3.8, 4) is 0 Å². The molecular weight excluding hydrogens is 416 g/mol. The van der Waals surface area contributed by atoms with E-state index in [0.29, 0.717) is 18.0 Å². The summed E-state index contributed by atoms with van der Waals surface area (Å²) in [6.07, 6.45) is 6.64. The molecule has 0 saturated carbocycles. The van der Waals surface area contributed by atoms with Gasteiger partial charge in [-0.3, -0.25) is 9.59 Å². The second-order valence-corrected chi connectivity index (χ2v) is 9.89. The van der Waals surface area contributed by atoms with Crippen molar-refractivity contribution in [2.75, 3.05) is 37.6 Å². The minimum Gasteiger partial charge on any atom is -0.365 e. The van der Waals surface area contributed by atoms with Gasteiger partial charge in [-0.15, -0.1) is 0 Å². The molecule has 8 nitrogen and oxygen atoms in total. The van der Waals surface area contributed by atoms with Crippen LogP contribution in [0.15, 0.2) is 24.4 Å². The number of H-pyrrole nitrogens is 1. The Balaban J connectivity index is 1.48. The lowest BCUT2D eigenvalue weighted by molar-refractivity contribution is -0.128. The summed E-state index contributed by atoms with van der Waals surface area (Å²) in [5.41, 5.74) is 8.80. The Morgan fingerprint density at radius 2 is 2.12 bits per heavy atom. The van der Waals surface area contributed by atoms with Gasteiger partial charge in [0.25, 0.3) is 5.91 Å². The van der Waals surface area contributed by atoms with Crippen LogP contribution in [-0.2, 0) is 4.79 Å². The predicted octanol–water partition coefficient (Wildman–Crippen LogP) is 2.39. The number of aromatic amines is 1. The fourth-order valence-corrected chi connectivity index (χ4v) is 6.14. The summed E-state index contributed by atoms with van der Waals surface area (Å²) in [6.45, 7) is 4.30. The highest BCUT2D eigenvalue weighted by Gasteiger charge is 2.45. The maximum Gasteiger partial charge on any atom is 0.252 e. The van der Waals surface area contributed by atoms with Gasteiger partial charge in [0.05, 0.1) is 21.9 Å². The van der Waals surface area contributed by atoms with Crippen LogP contribution in [0.3, 0.4) is 0 Å². The molecule has 172 valence electrons. The highest BCUT2D eigenvalue weighted by molar-refractivity contribution is 6.18. The molecule has 0 aliphatic carbocycles. The molecule has 2 unspecified atom stereocenters. The number of primary amides is 1. The van der Waals surface area contributed by atoms with E-state index in [1.54, 1.807) is 6.20 Å². The van der Waals surface area contributed by atoms with Crippen LogP contribution in [0.5, 0.6) is 0 Å². The Kier molecular flexibility index (Phi) is 4.79. The van der Waals surface area contributed by atoms with Crippen molar-refractivity contribution in [1.29, 1.82) is 0 Å². The lowest BCUT2D eigenvalue weighted by Gasteiger charge is -2.39. The molecule has 5 heterocycles. The SMILES string of the molecule is NC(=O)c1cnc(N2CCCC3(CCNC3=O)C2)c2c1[nH]c1cc(C3CCCNC3)ccc12. The first-order valence-corrected chi connectivity index (χ1v) is 12.0. The zero-order valence-corrected chi connectivity index (χ0v) is 18.7. The van der Waals surface area contributed by atoms with Crippen molar-refractivity contribution < 1.29 is 9.59 Å². The van der Waals surface area contributed by atoms with Crippen LogP contribution >= 0.6 is 0 Å². The summed E-state index contributed by atoms with van der Waals surface area (Å²) in [5, 5.41) is 8.47. The summed E-state index contributed by atoms with van der Waals surface area (Å²) >= 11 is 0. The molecule has 5 N–H and O–H groups in total. The minimum atomic E-state index is -0.493. The molecule has 8 heteroatoms. The van der Waals surface area contributed by atoms with Gasteiger partial charge in [-0.2, -0.15) is 0 Å². The first kappa shape index (κ1) is 20.5. The van der Waals surface area contributed by atoms with Crippen molar-refractivity contribution in [2.45, 2.75) is 38.0 Å². The van der Waals surface area contributed by atoms with Crippen molar-refractivity contribution in [3.05, 3.63) is 35.5 Å². The first-order chi connectivity index (χ1) is 16.1. The van der Waals surface area contributed by atoms with E-state index in [-0.39, 0.29) is 11.3 Å². The molecular formula is C25H30N6O2. The normalized spacial score (nSPS) is 25.8. The molecule has 3 saturated heterocycles. The molecule has 1 aromatic carbocycles. The molecule has 3 aliphatic rings. The average Bonchev–Trinajstić information content (AvgIpc) is 3.38. The van der Waals surface area contributed by atoms with Crippen LogP contribution in [0, 0.1) is 5.41 Å². The van der Waals surface area contributed by atoms with Gasteiger partial charge in [-0.1, -0.05) is 12.1 Å². The maximum absolute atomic E-state index is 12.7. The van der Waals surface area contributed by atoms with Crippen LogP contribution in [0.4, 0.5) is 5.82 Å². The number of anilines is 1. The van der Waals surface area contributed by atoms with Crippen molar-refractivity contribution in [1.82, 2.24) is 20.6 Å². The Bertz CT molecular complexity index is 1260. The largest absolute Gasteiger partial charge is 0.365 e. The molecule has 0 bridgehead atoms. The fourth-order valence-electron chi connectivity index (χ4n) is 6.14. The van der Waals surface area contributed by atoms with Crippen molar-refractivity contribution in [2.24, 2.45) is 11.1 Å². The second-order valence-electron chi connectivity index (χ2n) is 9.89. The van der Waals surface area contributed by atoms with Gasteiger partial charge in [0.15, 0.2) is 0 Å². The monoisotopic (exact) mass is 446 g/mol. The zero-order valence-electron chi connectivity index (χ0n) is 18.7. The van der Waals surface area contributed by atoms with Gasteiger partial charge in [-0.05, 0) is 56.2 Å². The second kappa shape index (κ2) is 7.73. The number of pyridine rings is 1. The minimum absolute atomic E-state index is 0.154. The molecule has 3 aromatic rings. The Hall–Kier alpha value is -3.13. The zero-order chi connectivity index (χ0) is 22.6. The number of carbonyl (C=O) groups is 2. The van der Waals surface area contributed by atoms with E-state index in [1.807, 2.05) is 0 Å². The van der Waals surface area contributed by atoms with Crippen LogP contribution in [-0.4, -0.2) is 54.5 Å². The number of hydrogen-bond donors (Lipinski definition) is 4. The number of nitrogens with zero attached hydrogens (tertiary/aromatic N) is 2. The van der Waals surface area contributed by atoms with E-state index in [1.165, 1.54) is 18.4 Å². The van der Waals surface area contributed by atoms with E-state index in [4.69, 9.17) is 10.7 Å². The van der Waals surface area contributed by atoms with E-state index in [0.717, 1.165) is 73.1 Å². The van der Waals surface area contributed by atoms with Gasteiger partial charge in [0, 0.05) is 43.3 Å². The summed E-state index contributed by atoms with van der Waals surface area (Å²) in [6, 6.07) is 6.57. The Morgan fingerprint density at radius 1 is 1.21 bits per heavy atom. The lowest BCUT2D eigenvalue weighted by atomic mass is 9.78. The number of aromatic nitrogens is 2. The molecule has 6 rings (SSSR count). The molecule has 3 fully saturated rings. The van der Waals surface area contributed by atoms with Crippen LogP contribution < -0.4 is 21.3 Å². The van der Waals surface area contributed by atoms with Gasteiger partial charge in [0.2, 0.25) is 5.91 Å². The first-order valence-electron chi connectivity index (χ1n) is 12.0. The van der Waals surface area contributed by atoms with Gasteiger partial charge < -0.3 is 26.3 Å². The van der Waals surface area contributed by atoms with Crippen molar-refractivity contribution in [3.63, 3.8) is 0 Å². The summed E-state index contributed by atoms with van der Waals surface area (Å²) < 4.78 is 0. The molecule has 2 aromatic heterocycles. The van der Waals surface area contributed by atoms with E-state index < -0.39 is 5.91 Å². The van der Waals surface area contributed by atoms with Gasteiger partial charge >= 0.3 is 0 Å². The molecule has 3 aliphatic heterocycles. The number of nitrogens with two attached hydrogens (primary N) is 1. The van der Waals surface area contributed by atoms with Gasteiger partial charge in [-0.25, -0.2) is 4.98 Å². The lowest BCUT2D eigenvalue weighted by Crippen LogP contribution is -2.47. The number of benzene rings is 1. The van der Waals surface area contributed by atoms with Crippen LogP contribution in [0.2, 0.25) is 0 Å². The predicted molar refractivity (Wildman–Crippen MR) is 128 cm³/mol. The van der Waals surface area contributed by atoms with Gasteiger partial charge in [0.1, 0.15) is 5.82 Å². The van der Waals surface area contributed by atoms with Crippen LogP contribution in [0.1, 0.15) is 53.9 Å². The average molecular weight is 447 g/mol. The quantitative estimate of drug-likeness (QED) is 0.493. The summed E-state index contributed by atoms with van der Waals surface area (Å²) in [5.74, 6) is 0.979. The summed E-state index contributed by atoms with van der Waals surface area (Å²) in [7, 11) is 0. The van der Waals surface area contributed by atoms with E-state index in [2.05, 4.69) is 38.7 Å². The standard InChI is InChI=1S/C25H30N6O2/c26-22(32)18-13-29-23(31-10-2-6-25(14-31)7-9-28-24(25)33)20-17-5-4-15(11-19(17)30-21(18)20)16-3-1-8-27-12-16/h4-5,11,13,16,27,30H,1-3,6-10,12,14H2,(H2,26,32)(H,28,33). The van der Waals surface area contributed by atoms with E-state index in [9.17, 15) is 9.59 Å². The van der Waals surface area contributed by atoms with Crippen LogP contribution in [0.25, 0.3) is 21.8 Å². The molecule has 33 heavy (non-hydrogen) atoms. The molecule has 2 atom stereocenters. The van der Waals surface area contributed by atoms with E-state index >= 15 is 0 Å². The topological polar surface area (TPSA) is 116 Å². The fraction of sp³-hybridized carbons (Fsp3) is 0.480. The number of hydrogen-bond acceptors (Lipinski definition) is 5. The Labute approximate surface area is 192 Å².